The second kappa shape index (κ2) is 7.62. The van der Waals surface area contributed by atoms with Crippen LogP contribution in [-0.4, -0.2) is 40.3 Å². The molecule has 1 heterocycles. The van der Waals surface area contributed by atoms with Gasteiger partial charge in [-0.2, -0.15) is 0 Å². The minimum absolute atomic E-state index is 0.182. The molecule has 1 aliphatic heterocycles. The number of benzene rings is 2. The fraction of sp³-hybridized carbons (Fsp3) is 0.211. The predicted molar refractivity (Wildman–Crippen MR) is 105 cm³/mol. The van der Waals surface area contributed by atoms with Gasteiger partial charge in [0.2, 0.25) is 0 Å². The number of hydrogen-bond donors (Lipinski definition) is 0. The molecular weight excluding hydrogens is 390 g/mol. The van der Waals surface area contributed by atoms with Gasteiger partial charge in [-0.3, -0.25) is 4.79 Å². The fourth-order valence-electron chi connectivity index (χ4n) is 2.91. The summed E-state index contributed by atoms with van der Waals surface area (Å²) < 4.78 is 34.3. The molecule has 0 radical (unpaired) electrons. The summed E-state index contributed by atoms with van der Waals surface area (Å²) in [6, 6.07) is 10.9. The maximum Gasteiger partial charge on any atom is 0.258 e. The Balaban J connectivity index is 2.05. The van der Waals surface area contributed by atoms with Crippen LogP contribution in [0.1, 0.15) is 10.4 Å². The van der Waals surface area contributed by atoms with Crippen molar-refractivity contribution in [3.05, 3.63) is 64.5 Å². The van der Waals surface area contributed by atoms with Gasteiger partial charge < -0.3 is 14.4 Å². The first-order valence-electron chi connectivity index (χ1n) is 8.07. The van der Waals surface area contributed by atoms with Crippen molar-refractivity contribution in [1.29, 1.82) is 0 Å². The monoisotopic (exact) mass is 407 g/mol. The maximum atomic E-state index is 13.3. The van der Waals surface area contributed by atoms with Crippen LogP contribution in [0.2, 0.25) is 5.02 Å². The first-order chi connectivity index (χ1) is 12.8. The van der Waals surface area contributed by atoms with E-state index in [0.29, 0.717) is 27.8 Å². The van der Waals surface area contributed by atoms with E-state index in [1.165, 1.54) is 25.2 Å². The molecule has 142 valence electrons. The Morgan fingerprint density at radius 1 is 1.11 bits per heavy atom. The maximum absolute atomic E-state index is 13.3. The number of carbonyl (C=O) groups excluding carboxylic acids is 1. The molecule has 2 aromatic rings. The molecule has 0 N–H and O–H groups in total. The number of ether oxygens (including phenoxy) is 2. The molecule has 0 saturated heterocycles. The molecule has 6 nitrogen and oxygen atoms in total. The smallest absolute Gasteiger partial charge is 0.258 e. The number of amides is 1. The predicted octanol–water partition coefficient (Wildman–Crippen LogP) is 3.31. The Hall–Kier alpha value is -2.51. The highest BCUT2D eigenvalue weighted by Crippen LogP contribution is 2.31. The van der Waals surface area contributed by atoms with E-state index >= 15 is 0 Å². The molecule has 1 amide bonds. The van der Waals surface area contributed by atoms with Crippen molar-refractivity contribution in [2.75, 3.05) is 24.9 Å². The van der Waals surface area contributed by atoms with Crippen LogP contribution in [0.15, 0.2) is 53.9 Å². The Morgan fingerprint density at radius 3 is 2.44 bits per heavy atom. The van der Waals surface area contributed by atoms with Crippen molar-refractivity contribution in [1.82, 2.24) is 0 Å². The van der Waals surface area contributed by atoms with Crippen LogP contribution >= 0.6 is 11.6 Å². The molecule has 0 unspecified atom stereocenters. The summed E-state index contributed by atoms with van der Waals surface area (Å²) >= 11 is 6.08. The lowest BCUT2D eigenvalue weighted by atomic mass is 10.1. The van der Waals surface area contributed by atoms with E-state index in [1.807, 2.05) is 0 Å². The lowest BCUT2D eigenvalue weighted by molar-refractivity contribution is 0.0982. The molecule has 1 atom stereocenters. The van der Waals surface area contributed by atoms with Gasteiger partial charge in [-0.25, -0.2) is 8.42 Å². The molecule has 0 saturated carbocycles. The number of methoxy groups -OCH3 is 2. The topological polar surface area (TPSA) is 72.9 Å². The van der Waals surface area contributed by atoms with Crippen molar-refractivity contribution in [3.63, 3.8) is 0 Å². The zero-order valence-electron chi connectivity index (χ0n) is 14.8. The molecule has 2 aromatic carbocycles. The average molecular weight is 408 g/mol. The Kier molecular flexibility index (Phi) is 5.43. The van der Waals surface area contributed by atoms with Gasteiger partial charge in [0, 0.05) is 21.7 Å². The van der Waals surface area contributed by atoms with E-state index in [0.717, 1.165) is 5.41 Å². The molecule has 27 heavy (non-hydrogen) atoms. The highest BCUT2D eigenvalue weighted by molar-refractivity contribution is 7.94. The summed E-state index contributed by atoms with van der Waals surface area (Å²) in [5.41, 5.74) is 0.847. The summed E-state index contributed by atoms with van der Waals surface area (Å²) in [4.78, 5) is 14.7. The largest absolute Gasteiger partial charge is 0.493 e. The Morgan fingerprint density at radius 2 is 1.85 bits per heavy atom. The van der Waals surface area contributed by atoms with Gasteiger partial charge in [-0.05, 0) is 42.5 Å². The number of halogens is 1. The number of sulfone groups is 1. The van der Waals surface area contributed by atoms with E-state index in [-0.39, 0.29) is 11.7 Å². The van der Waals surface area contributed by atoms with Gasteiger partial charge in [0.25, 0.3) is 5.91 Å². The second-order valence-corrected chi connectivity index (χ2v) is 8.32. The zero-order chi connectivity index (χ0) is 19.6. The SMILES string of the molecule is COc1ccc(C(=O)N(c2cccc(Cl)c2)[C@H]2C=CS(=O)(=O)C2)cc1OC. The Labute approximate surface area is 162 Å². The summed E-state index contributed by atoms with van der Waals surface area (Å²) in [5.74, 6) is 0.346. The summed E-state index contributed by atoms with van der Waals surface area (Å²) in [6.07, 6.45) is 1.51. The average Bonchev–Trinajstić information content (AvgIpc) is 3.00. The minimum atomic E-state index is -3.35. The van der Waals surface area contributed by atoms with Crippen LogP contribution in [0.3, 0.4) is 0 Å². The quantitative estimate of drug-likeness (QED) is 0.760. The first kappa shape index (κ1) is 19.3. The minimum Gasteiger partial charge on any atom is -0.493 e. The summed E-state index contributed by atoms with van der Waals surface area (Å²) in [7, 11) is -0.365. The van der Waals surface area contributed by atoms with Crippen molar-refractivity contribution in [2.45, 2.75) is 6.04 Å². The van der Waals surface area contributed by atoms with Gasteiger partial charge >= 0.3 is 0 Å². The molecule has 1 aliphatic rings. The van der Waals surface area contributed by atoms with Crippen molar-refractivity contribution in [2.24, 2.45) is 0 Å². The molecule has 0 spiro atoms. The van der Waals surface area contributed by atoms with Crippen molar-refractivity contribution >= 4 is 33.0 Å². The first-order valence-corrected chi connectivity index (χ1v) is 10.2. The third kappa shape index (κ3) is 4.09. The highest BCUT2D eigenvalue weighted by Gasteiger charge is 2.32. The Bertz CT molecular complexity index is 1000. The van der Waals surface area contributed by atoms with Crippen LogP contribution in [0, 0.1) is 0 Å². The third-order valence-corrected chi connectivity index (χ3v) is 5.79. The van der Waals surface area contributed by atoms with Crippen LogP contribution < -0.4 is 14.4 Å². The van der Waals surface area contributed by atoms with E-state index in [9.17, 15) is 13.2 Å². The number of rotatable bonds is 5. The molecular formula is C19H18ClNO5S. The number of anilines is 1. The lowest BCUT2D eigenvalue weighted by Gasteiger charge is -2.28. The van der Waals surface area contributed by atoms with Crippen molar-refractivity contribution < 1.29 is 22.7 Å². The normalized spacial score (nSPS) is 17.5. The highest BCUT2D eigenvalue weighted by atomic mass is 35.5. The van der Waals surface area contributed by atoms with E-state index in [2.05, 4.69) is 0 Å². The van der Waals surface area contributed by atoms with E-state index in [4.69, 9.17) is 21.1 Å². The van der Waals surface area contributed by atoms with Gasteiger partial charge in [0.15, 0.2) is 21.3 Å². The van der Waals surface area contributed by atoms with E-state index in [1.54, 1.807) is 42.5 Å². The number of carbonyl (C=O) groups is 1. The van der Waals surface area contributed by atoms with Crippen LogP contribution in [0.5, 0.6) is 11.5 Å². The molecule has 8 heteroatoms. The van der Waals surface area contributed by atoms with Gasteiger partial charge in [-0.1, -0.05) is 17.7 Å². The summed E-state index contributed by atoms with van der Waals surface area (Å²) in [5, 5.41) is 1.58. The summed E-state index contributed by atoms with van der Waals surface area (Å²) in [6.45, 7) is 0. The van der Waals surface area contributed by atoms with E-state index < -0.39 is 15.9 Å². The molecule has 0 aliphatic carbocycles. The molecule has 0 bridgehead atoms. The van der Waals surface area contributed by atoms with Gasteiger partial charge in [-0.15, -0.1) is 0 Å². The molecule has 3 rings (SSSR count). The zero-order valence-corrected chi connectivity index (χ0v) is 16.3. The van der Waals surface area contributed by atoms with Crippen LogP contribution in [-0.2, 0) is 9.84 Å². The van der Waals surface area contributed by atoms with Crippen molar-refractivity contribution in [3.8, 4) is 11.5 Å². The third-order valence-electron chi connectivity index (χ3n) is 4.18. The number of nitrogens with zero attached hydrogens (tertiary/aromatic N) is 1. The molecule has 0 aromatic heterocycles. The standard InChI is InChI=1S/C19H18ClNO5S/c1-25-17-7-6-13(10-18(17)26-2)19(22)21(15-5-3-4-14(20)11-15)16-8-9-27(23,24)12-16/h3-11,16H,12H2,1-2H3/t16-/m0/s1. The van der Waals surface area contributed by atoms with Crippen LogP contribution in [0.4, 0.5) is 5.69 Å². The second-order valence-electron chi connectivity index (χ2n) is 5.95. The lowest BCUT2D eigenvalue weighted by Crippen LogP contribution is -2.41. The number of hydrogen-bond acceptors (Lipinski definition) is 5. The van der Waals surface area contributed by atoms with Gasteiger partial charge in [0.1, 0.15) is 0 Å². The molecule has 0 fully saturated rings. The fourth-order valence-corrected chi connectivity index (χ4v) is 4.37. The van der Waals surface area contributed by atoms with Gasteiger partial charge in [0.05, 0.1) is 26.0 Å². The van der Waals surface area contributed by atoms with Crippen LogP contribution in [0.25, 0.3) is 0 Å².